The predicted molar refractivity (Wildman–Crippen MR) is 69.4 cm³/mol. The van der Waals surface area contributed by atoms with E-state index in [2.05, 4.69) is 10.3 Å². The van der Waals surface area contributed by atoms with Crippen LogP contribution in [-0.2, 0) is 6.42 Å². The first-order valence-electron chi connectivity index (χ1n) is 5.58. The molecule has 0 heterocycles. The van der Waals surface area contributed by atoms with Gasteiger partial charge in [0.1, 0.15) is 5.82 Å². The normalized spacial score (nSPS) is 13.1. The standard InChI is InChI=1S/C12H19ClFN3/c1-17(2)7-6-10(16-15)8-9-4-3-5-11(13)12(9)14/h3-5,10,16H,6-8,15H2,1-2H3. The molecule has 0 amide bonds. The van der Waals surface area contributed by atoms with Crippen molar-refractivity contribution in [2.24, 2.45) is 5.84 Å². The lowest BCUT2D eigenvalue weighted by atomic mass is 10.0. The van der Waals surface area contributed by atoms with Gasteiger partial charge in [-0.2, -0.15) is 0 Å². The van der Waals surface area contributed by atoms with E-state index in [0.29, 0.717) is 12.0 Å². The van der Waals surface area contributed by atoms with Gasteiger partial charge in [-0.15, -0.1) is 0 Å². The van der Waals surface area contributed by atoms with Crippen molar-refractivity contribution in [2.45, 2.75) is 18.9 Å². The summed E-state index contributed by atoms with van der Waals surface area (Å²) < 4.78 is 13.7. The van der Waals surface area contributed by atoms with Gasteiger partial charge in [0.25, 0.3) is 0 Å². The van der Waals surface area contributed by atoms with E-state index in [0.717, 1.165) is 13.0 Å². The molecule has 1 atom stereocenters. The molecule has 96 valence electrons. The van der Waals surface area contributed by atoms with Crippen LogP contribution in [0.1, 0.15) is 12.0 Å². The van der Waals surface area contributed by atoms with E-state index in [4.69, 9.17) is 17.4 Å². The summed E-state index contributed by atoms with van der Waals surface area (Å²) in [5.41, 5.74) is 3.31. The molecule has 0 aromatic heterocycles. The van der Waals surface area contributed by atoms with Gasteiger partial charge in [-0.25, -0.2) is 4.39 Å². The summed E-state index contributed by atoms with van der Waals surface area (Å²) in [7, 11) is 3.99. The van der Waals surface area contributed by atoms with Gasteiger partial charge in [0.15, 0.2) is 0 Å². The van der Waals surface area contributed by atoms with Crippen molar-refractivity contribution in [1.29, 1.82) is 0 Å². The molecule has 0 bridgehead atoms. The summed E-state index contributed by atoms with van der Waals surface area (Å²) in [6.07, 6.45) is 1.40. The van der Waals surface area contributed by atoms with Crippen molar-refractivity contribution in [3.05, 3.63) is 34.6 Å². The highest BCUT2D eigenvalue weighted by Gasteiger charge is 2.12. The zero-order chi connectivity index (χ0) is 12.8. The fourth-order valence-corrected chi connectivity index (χ4v) is 1.82. The van der Waals surface area contributed by atoms with Gasteiger partial charge in [0, 0.05) is 6.04 Å². The zero-order valence-corrected chi connectivity index (χ0v) is 11.0. The number of benzene rings is 1. The maximum atomic E-state index is 13.7. The molecular weight excluding hydrogens is 241 g/mol. The van der Waals surface area contributed by atoms with Gasteiger partial charge in [-0.3, -0.25) is 11.3 Å². The Labute approximate surface area is 107 Å². The summed E-state index contributed by atoms with van der Waals surface area (Å²) in [6, 6.07) is 5.08. The smallest absolute Gasteiger partial charge is 0.145 e. The first-order chi connectivity index (χ1) is 8.04. The minimum Gasteiger partial charge on any atom is -0.309 e. The number of hydrogen-bond acceptors (Lipinski definition) is 3. The Balaban J connectivity index is 2.64. The van der Waals surface area contributed by atoms with Gasteiger partial charge in [-0.05, 0) is 45.1 Å². The average Bonchev–Trinajstić information content (AvgIpc) is 2.29. The molecule has 1 rings (SSSR count). The fraction of sp³-hybridized carbons (Fsp3) is 0.500. The van der Waals surface area contributed by atoms with E-state index in [1.54, 1.807) is 18.2 Å². The molecule has 1 aromatic rings. The second-order valence-electron chi connectivity index (χ2n) is 4.37. The quantitative estimate of drug-likeness (QED) is 0.605. The molecule has 0 radical (unpaired) electrons. The average molecular weight is 260 g/mol. The van der Waals surface area contributed by atoms with Crippen LogP contribution in [0.25, 0.3) is 0 Å². The van der Waals surface area contributed by atoms with Crippen LogP contribution in [0.2, 0.25) is 5.02 Å². The number of hydrogen-bond donors (Lipinski definition) is 2. The predicted octanol–water partition coefficient (Wildman–Crippen LogP) is 1.81. The zero-order valence-electron chi connectivity index (χ0n) is 10.2. The number of nitrogens with two attached hydrogens (primary N) is 1. The maximum absolute atomic E-state index is 13.7. The molecule has 0 aliphatic carbocycles. The summed E-state index contributed by atoms with van der Waals surface area (Å²) >= 11 is 5.73. The largest absolute Gasteiger partial charge is 0.309 e. The van der Waals surface area contributed by atoms with E-state index in [1.807, 2.05) is 14.1 Å². The Hall–Kier alpha value is -0.680. The Morgan fingerprint density at radius 2 is 2.18 bits per heavy atom. The molecule has 0 saturated carbocycles. The molecule has 0 fully saturated rings. The molecular formula is C12H19ClFN3. The minimum atomic E-state index is -0.348. The molecule has 17 heavy (non-hydrogen) atoms. The van der Waals surface area contributed by atoms with E-state index in [1.165, 1.54) is 0 Å². The minimum absolute atomic E-state index is 0.0466. The molecule has 0 saturated heterocycles. The Kier molecular flexibility index (Phi) is 5.85. The highest BCUT2D eigenvalue weighted by Crippen LogP contribution is 2.19. The van der Waals surface area contributed by atoms with Crippen LogP contribution >= 0.6 is 11.6 Å². The van der Waals surface area contributed by atoms with Gasteiger partial charge < -0.3 is 4.90 Å². The molecule has 0 spiro atoms. The van der Waals surface area contributed by atoms with Crippen LogP contribution in [0.15, 0.2) is 18.2 Å². The van der Waals surface area contributed by atoms with E-state index < -0.39 is 0 Å². The summed E-state index contributed by atoms with van der Waals surface area (Å²) in [5.74, 6) is 5.12. The number of hydrazine groups is 1. The first kappa shape index (κ1) is 14.4. The molecule has 0 aliphatic heterocycles. The van der Waals surface area contributed by atoms with Crippen molar-refractivity contribution >= 4 is 11.6 Å². The molecule has 0 aliphatic rings. The molecule has 5 heteroatoms. The second-order valence-corrected chi connectivity index (χ2v) is 4.78. The number of halogens is 2. The van der Waals surface area contributed by atoms with Gasteiger partial charge in [0.05, 0.1) is 5.02 Å². The van der Waals surface area contributed by atoms with Crippen LogP contribution in [0.5, 0.6) is 0 Å². The summed E-state index contributed by atoms with van der Waals surface area (Å²) in [6.45, 7) is 0.900. The molecule has 1 unspecified atom stereocenters. The summed E-state index contributed by atoms with van der Waals surface area (Å²) in [4.78, 5) is 2.07. The lowest BCUT2D eigenvalue weighted by molar-refractivity contribution is 0.357. The van der Waals surface area contributed by atoms with Crippen LogP contribution in [-0.4, -0.2) is 31.6 Å². The van der Waals surface area contributed by atoms with Gasteiger partial charge in [0.2, 0.25) is 0 Å². The van der Waals surface area contributed by atoms with Crippen LogP contribution in [0, 0.1) is 5.82 Å². The number of rotatable bonds is 6. The van der Waals surface area contributed by atoms with Crippen molar-refractivity contribution in [3.63, 3.8) is 0 Å². The second kappa shape index (κ2) is 6.91. The Morgan fingerprint density at radius 1 is 1.47 bits per heavy atom. The van der Waals surface area contributed by atoms with Crippen molar-refractivity contribution in [2.75, 3.05) is 20.6 Å². The third-order valence-corrected chi connectivity index (χ3v) is 2.95. The van der Waals surface area contributed by atoms with Crippen LogP contribution < -0.4 is 11.3 Å². The van der Waals surface area contributed by atoms with Crippen molar-refractivity contribution in [3.8, 4) is 0 Å². The SMILES string of the molecule is CN(C)CCC(Cc1cccc(Cl)c1F)NN. The monoisotopic (exact) mass is 259 g/mol. The lowest BCUT2D eigenvalue weighted by Crippen LogP contribution is -2.39. The van der Waals surface area contributed by atoms with E-state index >= 15 is 0 Å². The molecule has 3 nitrogen and oxygen atoms in total. The lowest BCUT2D eigenvalue weighted by Gasteiger charge is -2.18. The highest BCUT2D eigenvalue weighted by molar-refractivity contribution is 6.30. The Morgan fingerprint density at radius 3 is 2.76 bits per heavy atom. The highest BCUT2D eigenvalue weighted by atomic mass is 35.5. The maximum Gasteiger partial charge on any atom is 0.145 e. The number of nitrogens with one attached hydrogen (secondary N) is 1. The molecule has 1 aromatic carbocycles. The third kappa shape index (κ3) is 4.60. The van der Waals surface area contributed by atoms with Crippen LogP contribution in [0.3, 0.4) is 0 Å². The van der Waals surface area contributed by atoms with E-state index in [9.17, 15) is 4.39 Å². The van der Waals surface area contributed by atoms with Crippen LogP contribution in [0.4, 0.5) is 4.39 Å². The Bertz CT molecular complexity index is 358. The number of nitrogens with zero attached hydrogens (tertiary/aromatic N) is 1. The summed E-state index contributed by atoms with van der Waals surface area (Å²) in [5, 5.41) is 0.158. The fourth-order valence-electron chi connectivity index (χ4n) is 1.63. The third-order valence-electron chi connectivity index (χ3n) is 2.66. The van der Waals surface area contributed by atoms with Gasteiger partial charge >= 0.3 is 0 Å². The van der Waals surface area contributed by atoms with Crippen molar-refractivity contribution < 1.29 is 4.39 Å². The molecule has 3 N–H and O–H groups in total. The van der Waals surface area contributed by atoms with Crippen molar-refractivity contribution in [1.82, 2.24) is 10.3 Å². The van der Waals surface area contributed by atoms with E-state index in [-0.39, 0.29) is 16.9 Å². The van der Waals surface area contributed by atoms with Gasteiger partial charge in [-0.1, -0.05) is 23.7 Å². The topological polar surface area (TPSA) is 41.3 Å². The first-order valence-corrected chi connectivity index (χ1v) is 5.96.